The lowest BCUT2D eigenvalue weighted by Gasteiger charge is -2.17. The van der Waals surface area contributed by atoms with Crippen LogP contribution in [0, 0.1) is 0 Å². The summed E-state index contributed by atoms with van der Waals surface area (Å²) in [6, 6.07) is 13.3. The van der Waals surface area contributed by atoms with Crippen LogP contribution >= 0.6 is 15.9 Å². The second kappa shape index (κ2) is 6.54. The van der Waals surface area contributed by atoms with Gasteiger partial charge in [0.15, 0.2) is 0 Å². The predicted molar refractivity (Wildman–Crippen MR) is 79.5 cm³/mol. The van der Waals surface area contributed by atoms with Crippen molar-refractivity contribution in [3.05, 3.63) is 64.1 Å². The van der Waals surface area contributed by atoms with Crippen molar-refractivity contribution in [1.82, 2.24) is 5.32 Å². The van der Waals surface area contributed by atoms with E-state index in [1.807, 2.05) is 30.3 Å². The molecule has 0 saturated heterocycles. The van der Waals surface area contributed by atoms with E-state index in [1.54, 1.807) is 6.07 Å². The first-order chi connectivity index (χ1) is 9.61. The first-order valence-corrected chi connectivity index (χ1v) is 6.86. The van der Waals surface area contributed by atoms with Crippen LogP contribution in [0.15, 0.2) is 53.0 Å². The highest BCUT2D eigenvalue weighted by Gasteiger charge is 2.17. The summed E-state index contributed by atoms with van der Waals surface area (Å²) in [5, 5.41) is 21.8. The Morgan fingerprint density at radius 1 is 1.20 bits per heavy atom. The molecule has 20 heavy (non-hydrogen) atoms. The van der Waals surface area contributed by atoms with Crippen LogP contribution in [-0.4, -0.2) is 22.7 Å². The molecule has 0 saturated carbocycles. The van der Waals surface area contributed by atoms with Gasteiger partial charge in [0.2, 0.25) is 0 Å². The summed E-state index contributed by atoms with van der Waals surface area (Å²) in [4.78, 5) is 12.2. The smallest absolute Gasteiger partial charge is 0.255 e. The third-order valence-corrected chi connectivity index (χ3v) is 3.39. The summed E-state index contributed by atoms with van der Waals surface area (Å²) in [5.74, 6) is -0.540. The molecule has 2 aromatic carbocycles. The molecule has 0 radical (unpaired) electrons. The lowest BCUT2D eigenvalue weighted by atomic mass is 10.1. The van der Waals surface area contributed by atoms with E-state index in [2.05, 4.69) is 21.2 Å². The van der Waals surface area contributed by atoms with E-state index in [4.69, 9.17) is 0 Å². The maximum atomic E-state index is 12.2. The molecule has 3 N–H and O–H groups in total. The molecule has 0 aromatic heterocycles. The first kappa shape index (κ1) is 14.6. The van der Waals surface area contributed by atoms with Crippen molar-refractivity contribution in [1.29, 1.82) is 0 Å². The SMILES string of the molecule is O=C(N[C@H](CO)c1ccccc1)c1cc(Br)ccc1O. The second-order valence-corrected chi connectivity index (χ2v) is 5.20. The molecule has 0 fully saturated rings. The van der Waals surface area contributed by atoms with Crippen LogP contribution < -0.4 is 5.32 Å². The molecule has 5 heteroatoms. The first-order valence-electron chi connectivity index (χ1n) is 6.07. The van der Waals surface area contributed by atoms with E-state index in [-0.39, 0.29) is 17.9 Å². The van der Waals surface area contributed by atoms with Gasteiger partial charge < -0.3 is 15.5 Å². The molecule has 0 unspecified atom stereocenters. The number of carbonyl (C=O) groups is 1. The molecule has 4 nitrogen and oxygen atoms in total. The van der Waals surface area contributed by atoms with E-state index in [0.29, 0.717) is 4.47 Å². The summed E-state index contributed by atoms with van der Waals surface area (Å²) < 4.78 is 0.695. The fraction of sp³-hybridized carbons (Fsp3) is 0.133. The predicted octanol–water partition coefficient (Wildman–Crippen LogP) is 2.62. The summed E-state index contributed by atoms with van der Waals surface area (Å²) in [5.41, 5.74) is 0.964. The Kier molecular flexibility index (Phi) is 4.76. The molecular formula is C15H14BrNO3. The van der Waals surface area contributed by atoms with Crippen LogP contribution in [0.3, 0.4) is 0 Å². The number of aliphatic hydroxyl groups excluding tert-OH is 1. The molecule has 0 bridgehead atoms. The molecule has 1 amide bonds. The molecule has 2 aromatic rings. The minimum atomic E-state index is -0.512. The van der Waals surface area contributed by atoms with Crippen LogP contribution in [0.2, 0.25) is 0 Å². The number of amides is 1. The zero-order valence-electron chi connectivity index (χ0n) is 10.6. The molecule has 2 rings (SSSR count). The highest BCUT2D eigenvalue weighted by Crippen LogP contribution is 2.22. The minimum absolute atomic E-state index is 0.101. The highest BCUT2D eigenvalue weighted by molar-refractivity contribution is 9.10. The second-order valence-electron chi connectivity index (χ2n) is 4.28. The van der Waals surface area contributed by atoms with Gasteiger partial charge in [-0.2, -0.15) is 0 Å². The highest BCUT2D eigenvalue weighted by atomic mass is 79.9. The van der Waals surface area contributed by atoms with Crippen molar-refractivity contribution >= 4 is 21.8 Å². The van der Waals surface area contributed by atoms with Gasteiger partial charge in [-0.05, 0) is 23.8 Å². The van der Waals surface area contributed by atoms with Gasteiger partial charge in [0.25, 0.3) is 5.91 Å². The number of halogens is 1. The van der Waals surface area contributed by atoms with Gasteiger partial charge in [-0.3, -0.25) is 4.79 Å². The number of aromatic hydroxyl groups is 1. The van der Waals surface area contributed by atoms with Gasteiger partial charge in [-0.25, -0.2) is 0 Å². The van der Waals surface area contributed by atoms with Crippen LogP contribution in [0.5, 0.6) is 5.75 Å². The average molecular weight is 336 g/mol. The average Bonchev–Trinajstić information content (AvgIpc) is 2.48. The molecular weight excluding hydrogens is 322 g/mol. The van der Waals surface area contributed by atoms with Crippen molar-refractivity contribution in [3.8, 4) is 5.75 Å². The number of hydrogen-bond donors (Lipinski definition) is 3. The third kappa shape index (κ3) is 3.37. The Morgan fingerprint density at radius 2 is 1.90 bits per heavy atom. The van der Waals surface area contributed by atoms with Crippen molar-refractivity contribution in [2.45, 2.75) is 6.04 Å². The number of phenolic OH excluding ortho intramolecular Hbond substituents is 1. The number of phenols is 1. The molecule has 0 heterocycles. The molecule has 0 aliphatic rings. The number of benzene rings is 2. The van der Waals surface area contributed by atoms with Crippen molar-refractivity contribution < 1.29 is 15.0 Å². The Labute approximate surface area is 125 Å². The largest absolute Gasteiger partial charge is 0.507 e. The van der Waals surface area contributed by atoms with Gasteiger partial charge in [-0.15, -0.1) is 0 Å². The maximum absolute atomic E-state index is 12.2. The van der Waals surface area contributed by atoms with Gasteiger partial charge in [0.1, 0.15) is 5.75 Å². The minimum Gasteiger partial charge on any atom is -0.507 e. The Balaban J connectivity index is 2.20. The van der Waals surface area contributed by atoms with Gasteiger partial charge in [-0.1, -0.05) is 46.3 Å². The third-order valence-electron chi connectivity index (χ3n) is 2.89. The summed E-state index contributed by atoms with van der Waals surface area (Å²) in [7, 11) is 0. The standard InChI is InChI=1S/C15H14BrNO3/c16-11-6-7-14(19)12(8-11)15(20)17-13(9-18)10-4-2-1-3-5-10/h1-8,13,18-19H,9H2,(H,17,20)/t13-/m1/s1. The van der Waals surface area contributed by atoms with Crippen LogP contribution in [0.1, 0.15) is 22.0 Å². The van der Waals surface area contributed by atoms with Crippen molar-refractivity contribution in [3.63, 3.8) is 0 Å². The monoisotopic (exact) mass is 335 g/mol. The van der Waals surface area contributed by atoms with E-state index in [0.717, 1.165) is 5.56 Å². The Morgan fingerprint density at radius 3 is 2.55 bits per heavy atom. The van der Waals surface area contributed by atoms with E-state index in [1.165, 1.54) is 12.1 Å². The zero-order chi connectivity index (χ0) is 14.5. The number of aliphatic hydroxyl groups is 1. The number of hydrogen-bond acceptors (Lipinski definition) is 3. The fourth-order valence-electron chi connectivity index (χ4n) is 1.85. The lowest BCUT2D eigenvalue weighted by Crippen LogP contribution is -2.30. The summed E-state index contributed by atoms with van der Waals surface area (Å²) in [6.07, 6.45) is 0. The molecule has 0 spiro atoms. The van der Waals surface area contributed by atoms with Crippen LogP contribution in [0.25, 0.3) is 0 Å². The summed E-state index contributed by atoms with van der Waals surface area (Å²) >= 11 is 3.25. The van der Waals surface area contributed by atoms with Crippen LogP contribution in [-0.2, 0) is 0 Å². The quantitative estimate of drug-likeness (QED) is 0.804. The molecule has 0 aliphatic heterocycles. The van der Waals surface area contributed by atoms with Gasteiger partial charge in [0, 0.05) is 4.47 Å². The maximum Gasteiger partial charge on any atom is 0.255 e. The molecule has 0 aliphatic carbocycles. The van der Waals surface area contributed by atoms with Crippen LogP contribution in [0.4, 0.5) is 0 Å². The van der Waals surface area contributed by atoms with Crippen molar-refractivity contribution in [2.75, 3.05) is 6.61 Å². The topological polar surface area (TPSA) is 69.6 Å². The number of nitrogens with one attached hydrogen (secondary N) is 1. The number of rotatable bonds is 4. The van der Waals surface area contributed by atoms with E-state index in [9.17, 15) is 15.0 Å². The normalized spacial score (nSPS) is 11.9. The number of carbonyl (C=O) groups excluding carboxylic acids is 1. The fourth-order valence-corrected chi connectivity index (χ4v) is 2.21. The Hall–Kier alpha value is -1.85. The zero-order valence-corrected chi connectivity index (χ0v) is 12.2. The Bertz CT molecular complexity index is 601. The molecule has 1 atom stereocenters. The van der Waals surface area contributed by atoms with E-state index < -0.39 is 11.9 Å². The van der Waals surface area contributed by atoms with Crippen molar-refractivity contribution in [2.24, 2.45) is 0 Å². The summed E-state index contributed by atoms with van der Waals surface area (Å²) in [6.45, 7) is -0.218. The van der Waals surface area contributed by atoms with E-state index >= 15 is 0 Å². The molecule has 104 valence electrons. The lowest BCUT2D eigenvalue weighted by molar-refractivity contribution is 0.0913. The van der Waals surface area contributed by atoms with Gasteiger partial charge in [0.05, 0.1) is 18.2 Å². The van der Waals surface area contributed by atoms with Gasteiger partial charge >= 0.3 is 0 Å².